The van der Waals surface area contributed by atoms with Gasteiger partial charge in [0.2, 0.25) is 0 Å². The molecule has 132 valence electrons. The Kier molecular flexibility index (Phi) is 5.54. The molecule has 0 bridgehead atoms. The van der Waals surface area contributed by atoms with E-state index < -0.39 is 0 Å². The fourth-order valence-corrected chi connectivity index (χ4v) is 2.66. The Bertz CT molecular complexity index is 854. The second-order valence-electron chi connectivity index (χ2n) is 6.12. The molecule has 0 spiro atoms. The molecule has 0 aliphatic carbocycles. The van der Waals surface area contributed by atoms with Crippen molar-refractivity contribution in [3.05, 3.63) is 83.9 Å². The number of hydrogen-bond donors (Lipinski definition) is 2. The molecule has 3 rings (SSSR count). The van der Waals surface area contributed by atoms with Gasteiger partial charge in [0.1, 0.15) is 5.75 Å². The number of anilines is 3. The average Bonchev–Trinajstić information content (AvgIpc) is 2.65. The van der Waals surface area contributed by atoms with Crippen LogP contribution in [-0.2, 0) is 4.79 Å². The lowest BCUT2D eigenvalue weighted by Crippen LogP contribution is -2.21. The minimum Gasteiger partial charge on any atom is -0.484 e. The Morgan fingerprint density at radius 2 is 1.42 bits per heavy atom. The topological polar surface area (TPSA) is 50.4 Å². The van der Waals surface area contributed by atoms with Crippen molar-refractivity contribution in [3.8, 4) is 5.75 Å². The molecule has 0 unspecified atom stereocenters. The summed E-state index contributed by atoms with van der Waals surface area (Å²) in [5, 5.41) is 6.22. The predicted molar refractivity (Wildman–Crippen MR) is 106 cm³/mol. The zero-order chi connectivity index (χ0) is 18.4. The number of para-hydroxylation sites is 2. The van der Waals surface area contributed by atoms with Crippen molar-refractivity contribution in [1.82, 2.24) is 0 Å². The molecule has 0 heterocycles. The summed E-state index contributed by atoms with van der Waals surface area (Å²) in [5.74, 6) is 0.481. The van der Waals surface area contributed by atoms with Gasteiger partial charge in [-0.25, -0.2) is 0 Å². The van der Waals surface area contributed by atoms with Crippen molar-refractivity contribution in [2.45, 2.75) is 13.8 Å². The highest BCUT2D eigenvalue weighted by Crippen LogP contribution is 2.21. The van der Waals surface area contributed by atoms with Gasteiger partial charge >= 0.3 is 0 Å². The quantitative estimate of drug-likeness (QED) is 0.655. The first-order valence-electron chi connectivity index (χ1n) is 8.53. The normalized spacial score (nSPS) is 10.2. The van der Waals surface area contributed by atoms with E-state index in [4.69, 9.17) is 4.74 Å². The van der Waals surface area contributed by atoms with E-state index in [0.29, 0.717) is 5.75 Å². The van der Waals surface area contributed by atoms with Crippen LogP contribution >= 0.6 is 0 Å². The molecular formula is C22H22N2O2. The molecule has 0 saturated carbocycles. The number of carbonyl (C=O) groups is 1. The lowest BCUT2D eigenvalue weighted by Gasteiger charge is -2.12. The van der Waals surface area contributed by atoms with Gasteiger partial charge in [0.05, 0.1) is 0 Å². The maximum Gasteiger partial charge on any atom is 0.262 e. The van der Waals surface area contributed by atoms with Crippen LogP contribution in [0.15, 0.2) is 72.8 Å². The van der Waals surface area contributed by atoms with Gasteiger partial charge in [0.25, 0.3) is 5.91 Å². The molecular weight excluding hydrogens is 324 g/mol. The second-order valence-corrected chi connectivity index (χ2v) is 6.12. The van der Waals surface area contributed by atoms with Gasteiger partial charge < -0.3 is 15.4 Å². The monoisotopic (exact) mass is 346 g/mol. The van der Waals surface area contributed by atoms with Crippen LogP contribution in [0.1, 0.15) is 11.1 Å². The zero-order valence-electron chi connectivity index (χ0n) is 15.0. The molecule has 3 aromatic rings. The number of aryl methyl sites for hydroxylation is 2. The molecule has 0 radical (unpaired) electrons. The minimum atomic E-state index is -0.172. The highest BCUT2D eigenvalue weighted by Gasteiger charge is 2.08. The van der Waals surface area contributed by atoms with Crippen LogP contribution in [0, 0.1) is 13.8 Å². The molecule has 3 aromatic carbocycles. The van der Waals surface area contributed by atoms with Crippen molar-refractivity contribution < 1.29 is 9.53 Å². The molecule has 1 amide bonds. The van der Waals surface area contributed by atoms with Crippen LogP contribution in [0.4, 0.5) is 17.1 Å². The van der Waals surface area contributed by atoms with Gasteiger partial charge in [-0.3, -0.25) is 4.79 Å². The number of carbonyl (C=O) groups excluding carboxylic acids is 1. The average molecular weight is 346 g/mol. The predicted octanol–water partition coefficient (Wildman–Crippen LogP) is 5.06. The van der Waals surface area contributed by atoms with E-state index in [-0.39, 0.29) is 12.5 Å². The number of amides is 1. The van der Waals surface area contributed by atoms with Crippen molar-refractivity contribution >= 4 is 23.0 Å². The zero-order valence-corrected chi connectivity index (χ0v) is 15.0. The van der Waals surface area contributed by atoms with Crippen molar-refractivity contribution in [2.75, 3.05) is 17.2 Å². The first-order chi connectivity index (χ1) is 12.6. The third kappa shape index (κ3) is 4.63. The molecule has 0 fully saturated rings. The second kappa shape index (κ2) is 8.21. The molecule has 0 saturated heterocycles. The summed E-state index contributed by atoms with van der Waals surface area (Å²) in [4.78, 5) is 12.1. The number of nitrogens with one attached hydrogen (secondary N) is 2. The van der Waals surface area contributed by atoms with Gasteiger partial charge in [0.15, 0.2) is 6.61 Å². The molecule has 0 atom stereocenters. The van der Waals surface area contributed by atoms with Gasteiger partial charge in [0, 0.05) is 17.1 Å². The molecule has 4 nitrogen and oxygen atoms in total. The Hall–Kier alpha value is -3.27. The van der Waals surface area contributed by atoms with E-state index in [0.717, 1.165) is 28.2 Å². The SMILES string of the molecule is Cc1cccc(C)c1NC(=O)COc1ccc(Nc2ccccc2)cc1. The summed E-state index contributed by atoms with van der Waals surface area (Å²) in [6.45, 7) is 3.92. The van der Waals surface area contributed by atoms with E-state index in [1.807, 2.05) is 86.6 Å². The third-order valence-corrected chi connectivity index (χ3v) is 4.03. The molecule has 0 aromatic heterocycles. The number of rotatable bonds is 6. The van der Waals surface area contributed by atoms with E-state index in [1.54, 1.807) is 0 Å². The fraction of sp³-hybridized carbons (Fsp3) is 0.136. The summed E-state index contributed by atoms with van der Waals surface area (Å²) < 4.78 is 5.59. The first-order valence-corrected chi connectivity index (χ1v) is 8.53. The number of hydrogen-bond acceptors (Lipinski definition) is 3. The maximum absolute atomic E-state index is 12.1. The molecule has 0 aliphatic heterocycles. The molecule has 2 N–H and O–H groups in total. The Morgan fingerprint density at radius 3 is 2.08 bits per heavy atom. The summed E-state index contributed by atoms with van der Waals surface area (Å²) in [7, 11) is 0. The van der Waals surface area contributed by atoms with Crippen molar-refractivity contribution in [2.24, 2.45) is 0 Å². The van der Waals surface area contributed by atoms with Gasteiger partial charge in [-0.2, -0.15) is 0 Å². The van der Waals surface area contributed by atoms with Crippen LogP contribution in [-0.4, -0.2) is 12.5 Å². The Morgan fingerprint density at radius 1 is 0.808 bits per heavy atom. The van der Waals surface area contributed by atoms with Gasteiger partial charge in [-0.1, -0.05) is 36.4 Å². The molecule has 0 aliphatic rings. The van der Waals surface area contributed by atoms with Gasteiger partial charge in [-0.05, 0) is 61.4 Å². The lowest BCUT2D eigenvalue weighted by atomic mass is 10.1. The Labute approximate surface area is 153 Å². The summed E-state index contributed by atoms with van der Waals surface area (Å²) >= 11 is 0. The summed E-state index contributed by atoms with van der Waals surface area (Å²) in [5.41, 5.74) is 4.91. The van der Waals surface area contributed by atoms with Crippen LogP contribution in [0.5, 0.6) is 5.75 Å². The minimum absolute atomic E-state index is 0.0285. The standard InChI is InChI=1S/C22H22N2O2/c1-16-7-6-8-17(2)22(16)24-21(25)15-26-20-13-11-19(12-14-20)23-18-9-4-3-5-10-18/h3-14,23H,15H2,1-2H3,(H,24,25). The van der Waals surface area contributed by atoms with Crippen molar-refractivity contribution in [3.63, 3.8) is 0 Å². The third-order valence-electron chi connectivity index (χ3n) is 4.03. The lowest BCUT2D eigenvalue weighted by molar-refractivity contribution is -0.118. The van der Waals surface area contributed by atoms with E-state index in [9.17, 15) is 4.79 Å². The highest BCUT2D eigenvalue weighted by molar-refractivity contribution is 5.93. The summed E-state index contributed by atoms with van der Waals surface area (Å²) in [6, 6.07) is 23.4. The largest absolute Gasteiger partial charge is 0.484 e. The van der Waals surface area contributed by atoms with Crippen LogP contribution in [0.3, 0.4) is 0 Å². The van der Waals surface area contributed by atoms with Crippen LogP contribution in [0.25, 0.3) is 0 Å². The van der Waals surface area contributed by atoms with Crippen molar-refractivity contribution in [1.29, 1.82) is 0 Å². The smallest absolute Gasteiger partial charge is 0.262 e. The fourth-order valence-electron chi connectivity index (χ4n) is 2.66. The van der Waals surface area contributed by atoms with E-state index in [1.165, 1.54) is 0 Å². The molecule has 26 heavy (non-hydrogen) atoms. The maximum atomic E-state index is 12.1. The number of benzene rings is 3. The highest BCUT2D eigenvalue weighted by atomic mass is 16.5. The summed E-state index contributed by atoms with van der Waals surface area (Å²) in [6.07, 6.45) is 0. The Balaban J connectivity index is 1.54. The van der Waals surface area contributed by atoms with Crippen LogP contribution in [0.2, 0.25) is 0 Å². The van der Waals surface area contributed by atoms with Gasteiger partial charge in [-0.15, -0.1) is 0 Å². The van der Waals surface area contributed by atoms with E-state index in [2.05, 4.69) is 10.6 Å². The molecule has 4 heteroatoms. The number of ether oxygens (including phenoxy) is 1. The first kappa shape index (κ1) is 17.5. The van der Waals surface area contributed by atoms with Crippen LogP contribution < -0.4 is 15.4 Å². The van der Waals surface area contributed by atoms with E-state index >= 15 is 0 Å².